The fraction of sp³-hybridized carbons (Fsp3) is 0.0833. The number of rotatable bonds is 4. The summed E-state index contributed by atoms with van der Waals surface area (Å²) in [7, 11) is 0. The molecule has 6 heteroatoms. The number of anilines is 1. The zero-order valence-electron chi connectivity index (χ0n) is 9.30. The largest absolute Gasteiger partial charge is 0.480 e. The molecule has 18 heavy (non-hydrogen) atoms. The van der Waals surface area contributed by atoms with Crippen molar-refractivity contribution in [3.05, 3.63) is 40.9 Å². The Morgan fingerprint density at radius 3 is 2.72 bits per heavy atom. The third kappa shape index (κ3) is 3.27. The highest BCUT2D eigenvalue weighted by Crippen LogP contribution is 2.21. The Bertz CT molecular complexity index is 558. The summed E-state index contributed by atoms with van der Waals surface area (Å²) < 4.78 is 0.967. The summed E-state index contributed by atoms with van der Waals surface area (Å²) in [6, 6.07) is 11.2. The van der Waals surface area contributed by atoms with E-state index in [0.717, 1.165) is 15.7 Å². The van der Waals surface area contributed by atoms with Gasteiger partial charge in [-0.1, -0.05) is 28.1 Å². The normalized spacial score (nSPS) is 10.1. The van der Waals surface area contributed by atoms with Gasteiger partial charge in [0.1, 0.15) is 12.4 Å². The number of hydrogen-bond acceptors (Lipinski definition) is 4. The summed E-state index contributed by atoms with van der Waals surface area (Å²) >= 11 is 3.39. The molecule has 0 spiro atoms. The van der Waals surface area contributed by atoms with Crippen LogP contribution in [0.1, 0.15) is 0 Å². The molecule has 0 aliphatic rings. The van der Waals surface area contributed by atoms with E-state index in [9.17, 15) is 4.79 Å². The van der Waals surface area contributed by atoms with Crippen molar-refractivity contribution in [1.82, 2.24) is 10.2 Å². The molecule has 0 atom stereocenters. The first-order valence-electron chi connectivity index (χ1n) is 5.20. The molecule has 5 nitrogen and oxygen atoms in total. The summed E-state index contributed by atoms with van der Waals surface area (Å²) in [6.45, 7) is -0.176. The van der Waals surface area contributed by atoms with Gasteiger partial charge in [0.2, 0.25) is 0 Å². The van der Waals surface area contributed by atoms with E-state index in [2.05, 4.69) is 31.4 Å². The average molecular weight is 308 g/mol. The van der Waals surface area contributed by atoms with Crippen molar-refractivity contribution in [2.45, 2.75) is 0 Å². The molecule has 1 aromatic carbocycles. The quantitative estimate of drug-likeness (QED) is 0.907. The number of aliphatic carboxylic acids is 1. The molecule has 2 N–H and O–H groups in total. The Hall–Kier alpha value is -1.95. The highest BCUT2D eigenvalue weighted by Gasteiger charge is 2.02. The lowest BCUT2D eigenvalue weighted by Gasteiger charge is -2.03. The predicted octanol–water partition coefficient (Wildman–Crippen LogP) is 2.40. The van der Waals surface area contributed by atoms with Gasteiger partial charge in [0.25, 0.3) is 0 Å². The van der Waals surface area contributed by atoms with Crippen molar-refractivity contribution in [3.63, 3.8) is 0 Å². The second kappa shape index (κ2) is 5.59. The molecule has 0 bridgehead atoms. The van der Waals surface area contributed by atoms with E-state index in [1.165, 1.54) is 0 Å². The summed E-state index contributed by atoms with van der Waals surface area (Å²) in [5.41, 5.74) is 1.68. The van der Waals surface area contributed by atoms with Gasteiger partial charge in [-0.2, -0.15) is 0 Å². The van der Waals surface area contributed by atoms with Crippen LogP contribution in [-0.2, 0) is 4.79 Å². The number of benzene rings is 1. The van der Waals surface area contributed by atoms with E-state index in [0.29, 0.717) is 5.82 Å². The lowest BCUT2D eigenvalue weighted by Crippen LogP contribution is -2.13. The highest BCUT2D eigenvalue weighted by molar-refractivity contribution is 9.10. The lowest BCUT2D eigenvalue weighted by molar-refractivity contribution is -0.134. The van der Waals surface area contributed by atoms with E-state index in [-0.39, 0.29) is 6.54 Å². The van der Waals surface area contributed by atoms with Gasteiger partial charge in [-0.25, -0.2) is 0 Å². The van der Waals surface area contributed by atoms with Gasteiger partial charge in [0.05, 0.1) is 5.69 Å². The number of carboxylic acid groups (broad SMARTS) is 1. The van der Waals surface area contributed by atoms with Crippen LogP contribution in [0.3, 0.4) is 0 Å². The van der Waals surface area contributed by atoms with Crippen molar-refractivity contribution >= 4 is 27.7 Å². The zero-order chi connectivity index (χ0) is 13.0. The second-order valence-electron chi connectivity index (χ2n) is 3.56. The third-order valence-corrected chi connectivity index (χ3v) is 2.70. The average Bonchev–Trinajstić information content (AvgIpc) is 2.37. The number of nitrogens with zero attached hydrogens (tertiary/aromatic N) is 2. The molecule has 2 rings (SSSR count). The first-order chi connectivity index (χ1) is 8.65. The minimum Gasteiger partial charge on any atom is -0.480 e. The van der Waals surface area contributed by atoms with Crippen LogP contribution in [0, 0.1) is 0 Å². The Balaban J connectivity index is 2.14. The SMILES string of the molecule is O=C(O)CNc1ccc(-c2cccc(Br)c2)nn1. The summed E-state index contributed by atoms with van der Waals surface area (Å²) in [5, 5.41) is 19.1. The van der Waals surface area contributed by atoms with Crippen LogP contribution in [0.4, 0.5) is 5.82 Å². The van der Waals surface area contributed by atoms with Crippen LogP contribution in [0.2, 0.25) is 0 Å². The number of aromatic nitrogens is 2. The van der Waals surface area contributed by atoms with Crippen LogP contribution < -0.4 is 5.32 Å². The first-order valence-corrected chi connectivity index (χ1v) is 6.00. The molecule has 0 saturated carbocycles. The fourth-order valence-corrected chi connectivity index (χ4v) is 1.79. The summed E-state index contributed by atoms with van der Waals surface area (Å²) in [5.74, 6) is -0.496. The predicted molar refractivity (Wildman–Crippen MR) is 71.3 cm³/mol. The van der Waals surface area contributed by atoms with Gasteiger partial charge in [-0.15, -0.1) is 10.2 Å². The van der Waals surface area contributed by atoms with Gasteiger partial charge >= 0.3 is 5.97 Å². The van der Waals surface area contributed by atoms with E-state index >= 15 is 0 Å². The highest BCUT2D eigenvalue weighted by atomic mass is 79.9. The number of carbonyl (C=O) groups is 1. The van der Waals surface area contributed by atoms with Crippen LogP contribution in [0.5, 0.6) is 0 Å². The molecule has 0 amide bonds. The molecular weight excluding hydrogens is 298 g/mol. The van der Waals surface area contributed by atoms with Crippen molar-refractivity contribution in [1.29, 1.82) is 0 Å². The lowest BCUT2D eigenvalue weighted by atomic mass is 10.1. The molecular formula is C12H10BrN3O2. The van der Waals surface area contributed by atoms with Crippen LogP contribution in [-0.4, -0.2) is 27.8 Å². The standard InChI is InChI=1S/C12H10BrN3O2/c13-9-3-1-2-8(6-9)10-4-5-11(16-15-10)14-7-12(17)18/h1-6H,7H2,(H,14,16)(H,17,18). The molecule has 0 aliphatic carbocycles. The van der Waals surface area contributed by atoms with Gasteiger partial charge < -0.3 is 10.4 Å². The smallest absolute Gasteiger partial charge is 0.322 e. The zero-order valence-corrected chi connectivity index (χ0v) is 10.9. The molecule has 0 unspecified atom stereocenters. The van der Waals surface area contributed by atoms with Gasteiger partial charge in [-0.05, 0) is 24.3 Å². The molecule has 0 saturated heterocycles. The number of carboxylic acids is 1. The molecule has 92 valence electrons. The molecule has 0 fully saturated rings. The number of halogens is 1. The van der Waals surface area contributed by atoms with Crippen molar-refractivity contribution < 1.29 is 9.90 Å². The molecule has 0 radical (unpaired) electrons. The monoisotopic (exact) mass is 307 g/mol. The van der Waals surface area contributed by atoms with Crippen molar-refractivity contribution in [2.24, 2.45) is 0 Å². The van der Waals surface area contributed by atoms with E-state index in [4.69, 9.17) is 5.11 Å². The summed E-state index contributed by atoms with van der Waals surface area (Å²) in [4.78, 5) is 10.4. The van der Waals surface area contributed by atoms with Gasteiger partial charge in [0, 0.05) is 10.0 Å². The second-order valence-corrected chi connectivity index (χ2v) is 4.48. The minimum atomic E-state index is -0.937. The Kier molecular flexibility index (Phi) is 3.88. The number of nitrogens with one attached hydrogen (secondary N) is 1. The molecule has 1 heterocycles. The Morgan fingerprint density at radius 1 is 1.28 bits per heavy atom. The van der Waals surface area contributed by atoms with Crippen LogP contribution in [0.15, 0.2) is 40.9 Å². The maximum atomic E-state index is 10.4. The first kappa shape index (κ1) is 12.5. The van der Waals surface area contributed by atoms with Gasteiger partial charge in [0.15, 0.2) is 0 Å². The summed E-state index contributed by atoms with van der Waals surface area (Å²) in [6.07, 6.45) is 0. The fourth-order valence-electron chi connectivity index (χ4n) is 1.39. The van der Waals surface area contributed by atoms with E-state index < -0.39 is 5.97 Å². The third-order valence-electron chi connectivity index (χ3n) is 2.21. The molecule has 0 aliphatic heterocycles. The Morgan fingerprint density at radius 2 is 2.11 bits per heavy atom. The van der Waals surface area contributed by atoms with Crippen molar-refractivity contribution in [3.8, 4) is 11.3 Å². The molecule has 2 aromatic rings. The Labute approximate surface area is 112 Å². The van der Waals surface area contributed by atoms with Crippen LogP contribution >= 0.6 is 15.9 Å². The number of hydrogen-bond donors (Lipinski definition) is 2. The van der Waals surface area contributed by atoms with Crippen LogP contribution in [0.25, 0.3) is 11.3 Å². The van der Waals surface area contributed by atoms with E-state index in [1.54, 1.807) is 12.1 Å². The van der Waals surface area contributed by atoms with Gasteiger partial charge in [-0.3, -0.25) is 4.79 Å². The topological polar surface area (TPSA) is 75.1 Å². The van der Waals surface area contributed by atoms with Crippen molar-refractivity contribution in [2.75, 3.05) is 11.9 Å². The van der Waals surface area contributed by atoms with E-state index in [1.807, 2.05) is 24.3 Å². The maximum absolute atomic E-state index is 10.4. The molecule has 1 aromatic heterocycles. The maximum Gasteiger partial charge on any atom is 0.322 e. The minimum absolute atomic E-state index is 0.176.